The van der Waals surface area contributed by atoms with Gasteiger partial charge in [-0.05, 0) is 63.3 Å². The van der Waals surface area contributed by atoms with Gasteiger partial charge in [0.1, 0.15) is 18.0 Å². The molecule has 0 bridgehead atoms. The van der Waals surface area contributed by atoms with Crippen LogP contribution in [0.3, 0.4) is 0 Å². The summed E-state index contributed by atoms with van der Waals surface area (Å²) in [4.78, 5) is 30.2. The number of amides is 1. The van der Waals surface area contributed by atoms with Crippen molar-refractivity contribution in [2.75, 3.05) is 10.6 Å². The molecular weight excluding hydrogens is 362 g/mol. The number of anilines is 2. The van der Waals surface area contributed by atoms with E-state index < -0.39 is 16.6 Å². The van der Waals surface area contributed by atoms with Gasteiger partial charge in [-0.15, -0.1) is 0 Å². The van der Waals surface area contributed by atoms with Crippen LogP contribution < -0.4 is 10.6 Å². The largest absolute Gasteiger partial charge is 0.444 e. The van der Waals surface area contributed by atoms with E-state index in [0.29, 0.717) is 11.6 Å². The second-order valence-corrected chi connectivity index (χ2v) is 7.65. The number of aromatic nitrogens is 2. The highest BCUT2D eigenvalue weighted by molar-refractivity contribution is 5.85. The van der Waals surface area contributed by atoms with Gasteiger partial charge in [-0.25, -0.2) is 14.8 Å². The Morgan fingerprint density at radius 1 is 1.29 bits per heavy atom. The molecule has 9 nitrogen and oxygen atoms in total. The van der Waals surface area contributed by atoms with Gasteiger partial charge < -0.3 is 10.1 Å². The number of nitro groups is 1. The van der Waals surface area contributed by atoms with Gasteiger partial charge in [-0.2, -0.15) is 0 Å². The zero-order valence-corrected chi connectivity index (χ0v) is 16.1. The molecule has 3 rings (SSSR count). The van der Waals surface area contributed by atoms with Gasteiger partial charge in [0, 0.05) is 5.69 Å². The Kier molecular flexibility index (Phi) is 5.43. The minimum absolute atomic E-state index is 0.000725. The van der Waals surface area contributed by atoms with Crippen LogP contribution in [-0.4, -0.2) is 26.6 Å². The summed E-state index contributed by atoms with van der Waals surface area (Å²) in [5.74, 6) is 0.347. The summed E-state index contributed by atoms with van der Waals surface area (Å²) in [7, 11) is 0. The summed E-state index contributed by atoms with van der Waals surface area (Å²) < 4.78 is 5.29. The lowest BCUT2D eigenvalue weighted by Gasteiger charge is -2.27. The molecule has 0 spiro atoms. The molecule has 1 aromatic carbocycles. The molecule has 1 heterocycles. The van der Waals surface area contributed by atoms with Gasteiger partial charge in [-0.3, -0.25) is 15.4 Å². The average molecular weight is 385 g/mol. The number of nitrogens with one attached hydrogen (secondary N) is 2. The van der Waals surface area contributed by atoms with Crippen LogP contribution in [0.2, 0.25) is 0 Å². The first kappa shape index (κ1) is 19.5. The lowest BCUT2D eigenvalue weighted by molar-refractivity contribution is -0.385. The Labute approximate surface area is 162 Å². The maximum absolute atomic E-state index is 12.0. The maximum atomic E-state index is 12.0. The molecule has 148 valence electrons. The van der Waals surface area contributed by atoms with Crippen LogP contribution >= 0.6 is 0 Å². The third-order valence-electron chi connectivity index (χ3n) is 4.25. The Morgan fingerprint density at radius 3 is 2.64 bits per heavy atom. The van der Waals surface area contributed by atoms with E-state index in [4.69, 9.17) is 4.74 Å². The number of aryl methyl sites for hydroxylation is 1. The summed E-state index contributed by atoms with van der Waals surface area (Å²) in [6.45, 7) is 5.45. The summed E-state index contributed by atoms with van der Waals surface area (Å²) in [5.41, 5.74) is 2.20. The number of hydrogen-bond acceptors (Lipinski definition) is 7. The number of nitrogens with zero attached hydrogens (tertiary/aromatic N) is 3. The zero-order chi connectivity index (χ0) is 20.3. The first-order valence-corrected chi connectivity index (χ1v) is 9.07. The van der Waals surface area contributed by atoms with Crippen LogP contribution in [-0.2, 0) is 11.2 Å². The Hall–Kier alpha value is -3.23. The molecule has 28 heavy (non-hydrogen) atoms. The number of benzene rings is 1. The molecule has 0 saturated carbocycles. The second-order valence-electron chi connectivity index (χ2n) is 7.65. The molecule has 1 aliphatic carbocycles. The van der Waals surface area contributed by atoms with Crippen molar-refractivity contribution in [1.82, 2.24) is 9.97 Å². The quantitative estimate of drug-likeness (QED) is 0.597. The van der Waals surface area contributed by atoms with Gasteiger partial charge >= 0.3 is 11.8 Å². The van der Waals surface area contributed by atoms with Gasteiger partial charge in [0.2, 0.25) is 5.95 Å². The smallest absolute Gasteiger partial charge is 0.412 e. The van der Waals surface area contributed by atoms with Crippen molar-refractivity contribution in [2.45, 2.75) is 51.7 Å². The molecule has 2 aromatic rings. The van der Waals surface area contributed by atoms with Gasteiger partial charge in [0.25, 0.3) is 0 Å². The Balaban J connectivity index is 1.71. The number of hydrogen-bond donors (Lipinski definition) is 2. The SMILES string of the molecule is CC(C)(C)OC(=O)Nc1ccc2c(c1)CCCC2Nc1ncc([N+](=O)[O-])cn1. The van der Waals surface area contributed by atoms with E-state index in [1.807, 2.05) is 39.0 Å². The molecule has 1 aromatic heterocycles. The third-order valence-corrected chi connectivity index (χ3v) is 4.25. The van der Waals surface area contributed by atoms with Crippen molar-refractivity contribution in [1.29, 1.82) is 0 Å². The number of ether oxygens (including phenoxy) is 1. The molecule has 9 heteroatoms. The number of carbonyl (C=O) groups is 1. The van der Waals surface area contributed by atoms with Crippen molar-refractivity contribution in [2.24, 2.45) is 0 Å². The van der Waals surface area contributed by atoms with E-state index in [9.17, 15) is 14.9 Å². The molecule has 0 saturated heterocycles. The van der Waals surface area contributed by atoms with Crippen LogP contribution in [0.25, 0.3) is 0 Å². The normalized spacial score (nSPS) is 16.0. The average Bonchev–Trinajstić information content (AvgIpc) is 2.60. The van der Waals surface area contributed by atoms with Gasteiger partial charge in [-0.1, -0.05) is 6.07 Å². The summed E-state index contributed by atoms with van der Waals surface area (Å²) in [6, 6.07) is 5.74. The minimum atomic E-state index is -0.557. The Morgan fingerprint density at radius 2 is 2.00 bits per heavy atom. The second kappa shape index (κ2) is 7.79. The van der Waals surface area contributed by atoms with Crippen LogP contribution in [0.1, 0.15) is 50.8 Å². The lowest BCUT2D eigenvalue weighted by atomic mass is 9.87. The molecule has 1 amide bonds. The van der Waals surface area contributed by atoms with E-state index in [1.165, 1.54) is 12.4 Å². The monoisotopic (exact) mass is 385 g/mol. The molecular formula is C19H23N5O4. The summed E-state index contributed by atoms with van der Waals surface area (Å²) in [5, 5.41) is 16.7. The van der Waals surface area contributed by atoms with Crippen molar-refractivity contribution >= 4 is 23.4 Å². The minimum Gasteiger partial charge on any atom is -0.444 e. The van der Waals surface area contributed by atoms with Gasteiger partial charge in [0.15, 0.2) is 0 Å². The third kappa shape index (κ3) is 4.93. The first-order valence-electron chi connectivity index (χ1n) is 9.07. The molecule has 0 fully saturated rings. The highest BCUT2D eigenvalue weighted by Gasteiger charge is 2.22. The van der Waals surface area contributed by atoms with Crippen molar-refractivity contribution in [3.63, 3.8) is 0 Å². The van der Waals surface area contributed by atoms with Crippen LogP contribution in [0.5, 0.6) is 0 Å². The van der Waals surface area contributed by atoms with E-state index in [0.717, 1.165) is 30.4 Å². The molecule has 0 radical (unpaired) electrons. The fourth-order valence-corrected chi connectivity index (χ4v) is 3.11. The standard InChI is InChI=1S/C19H23N5O4/c1-19(2,3)28-18(25)22-13-7-8-15-12(9-13)5-4-6-16(15)23-17-20-10-14(11-21-17)24(26)27/h7-11,16H,4-6H2,1-3H3,(H,22,25)(H,20,21,23). The van der Waals surface area contributed by atoms with E-state index in [2.05, 4.69) is 20.6 Å². The molecule has 1 atom stereocenters. The summed E-state index contributed by atoms with van der Waals surface area (Å²) >= 11 is 0. The van der Waals surface area contributed by atoms with Crippen LogP contribution in [0.4, 0.5) is 22.1 Å². The number of fused-ring (bicyclic) bond motifs is 1. The maximum Gasteiger partial charge on any atom is 0.412 e. The fraction of sp³-hybridized carbons (Fsp3) is 0.421. The highest BCUT2D eigenvalue weighted by Crippen LogP contribution is 2.33. The predicted octanol–water partition coefficient (Wildman–Crippen LogP) is 4.22. The Bertz CT molecular complexity index is 877. The first-order chi connectivity index (χ1) is 13.2. The summed E-state index contributed by atoms with van der Waals surface area (Å²) in [6.07, 6.45) is 4.65. The van der Waals surface area contributed by atoms with E-state index in [1.54, 1.807) is 0 Å². The lowest BCUT2D eigenvalue weighted by Crippen LogP contribution is -2.27. The van der Waals surface area contributed by atoms with Crippen molar-refractivity contribution < 1.29 is 14.5 Å². The molecule has 2 N–H and O–H groups in total. The number of carbonyl (C=O) groups excluding carboxylic acids is 1. The topological polar surface area (TPSA) is 119 Å². The van der Waals surface area contributed by atoms with Crippen molar-refractivity contribution in [3.05, 3.63) is 51.8 Å². The van der Waals surface area contributed by atoms with Gasteiger partial charge in [0.05, 0.1) is 11.0 Å². The molecule has 1 aliphatic rings. The van der Waals surface area contributed by atoms with Crippen molar-refractivity contribution in [3.8, 4) is 0 Å². The highest BCUT2D eigenvalue weighted by atomic mass is 16.6. The molecule has 1 unspecified atom stereocenters. The van der Waals surface area contributed by atoms with Crippen LogP contribution in [0.15, 0.2) is 30.6 Å². The molecule has 0 aliphatic heterocycles. The predicted molar refractivity (Wildman–Crippen MR) is 104 cm³/mol. The zero-order valence-electron chi connectivity index (χ0n) is 16.1. The number of rotatable bonds is 4. The van der Waals surface area contributed by atoms with E-state index >= 15 is 0 Å². The van der Waals surface area contributed by atoms with E-state index in [-0.39, 0.29) is 11.7 Å². The van der Waals surface area contributed by atoms with Crippen LogP contribution in [0, 0.1) is 10.1 Å². The fourth-order valence-electron chi connectivity index (χ4n) is 3.11.